The van der Waals surface area contributed by atoms with Crippen molar-refractivity contribution in [2.75, 3.05) is 11.9 Å². The standard InChI is InChI=1S/C20H14ClFN4O2/c1-25(15-8-4-13(21)5-9-15)19(28)18-17(12-2-6-14(22)7-3-12)24-20-23-10-16(27)11-26(18)20/h2-11,27H,1H3. The van der Waals surface area contributed by atoms with Gasteiger partial charge in [-0.1, -0.05) is 11.6 Å². The number of aromatic nitrogens is 3. The third-order valence-corrected chi connectivity index (χ3v) is 4.56. The van der Waals surface area contributed by atoms with E-state index in [2.05, 4.69) is 9.97 Å². The number of imidazole rings is 1. The second-order valence-electron chi connectivity index (χ2n) is 6.14. The quantitative estimate of drug-likeness (QED) is 0.564. The zero-order valence-electron chi connectivity index (χ0n) is 14.7. The van der Waals surface area contributed by atoms with Crippen LogP contribution in [0.5, 0.6) is 5.75 Å². The van der Waals surface area contributed by atoms with Gasteiger partial charge in [-0.25, -0.2) is 14.4 Å². The van der Waals surface area contributed by atoms with Gasteiger partial charge in [-0.2, -0.15) is 0 Å². The van der Waals surface area contributed by atoms with Crippen molar-refractivity contribution in [1.82, 2.24) is 14.4 Å². The molecule has 0 fully saturated rings. The van der Waals surface area contributed by atoms with E-state index in [1.807, 2.05) is 0 Å². The lowest BCUT2D eigenvalue weighted by molar-refractivity contribution is 0.0988. The van der Waals surface area contributed by atoms with E-state index in [0.717, 1.165) is 0 Å². The van der Waals surface area contributed by atoms with Gasteiger partial charge in [-0.05, 0) is 48.5 Å². The number of halogens is 2. The zero-order chi connectivity index (χ0) is 19.8. The summed E-state index contributed by atoms with van der Waals surface area (Å²) in [6.07, 6.45) is 2.61. The average molecular weight is 397 g/mol. The van der Waals surface area contributed by atoms with Crippen molar-refractivity contribution in [3.63, 3.8) is 0 Å². The Bertz CT molecular complexity index is 1170. The van der Waals surface area contributed by atoms with Crippen LogP contribution in [0.2, 0.25) is 5.02 Å². The largest absolute Gasteiger partial charge is 0.505 e. The summed E-state index contributed by atoms with van der Waals surface area (Å²) in [6.45, 7) is 0. The molecule has 0 atom stereocenters. The maximum Gasteiger partial charge on any atom is 0.277 e. The first-order valence-electron chi connectivity index (χ1n) is 8.30. The molecule has 1 amide bonds. The molecule has 2 heterocycles. The van der Waals surface area contributed by atoms with E-state index in [-0.39, 0.29) is 23.1 Å². The fourth-order valence-electron chi connectivity index (χ4n) is 2.88. The number of aromatic hydroxyl groups is 1. The van der Waals surface area contributed by atoms with E-state index in [9.17, 15) is 14.3 Å². The molecule has 6 nitrogen and oxygen atoms in total. The number of hydrogen-bond acceptors (Lipinski definition) is 4. The van der Waals surface area contributed by atoms with Crippen molar-refractivity contribution in [3.8, 4) is 17.0 Å². The van der Waals surface area contributed by atoms with Gasteiger partial charge >= 0.3 is 0 Å². The van der Waals surface area contributed by atoms with Gasteiger partial charge in [0, 0.05) is 23.3 Å². The molecule has 140 valence electrons. The Morgan fingerprint density at radius 3 is 2.50 bits per heavy atom. The molecule has 0 bridgehead atoms. The molecule has 0 radical (unpaired) electrons. The number of fused-ring (bicyclic) bond motifs is 1. The summed E-state index contributed by atoms with van der Waals surface area (Å²) < 4.78 is 14.8. The van der Waals surface area contributed by atoms with Crippen molar-refractivity contribution in [2.24, 2.45) is 0 Å². The molecule has 0 saturated carbocycles. The van der Waals surface area contributed by atoms with Crippen LogP contribution in [-0.4, -0.2) is 32.4 Å². The fraction of sp³-hybridized carbons (Fsp3) is 0.0500. The Labute approximate surface area is 164 Å². The van der Waals surface area contributed by atoms with E-state index in [4.69, 9.17) is 11.6 Å². The highest BCUT2D eigenvalue weighted by molar-refractivity contribution is 6.30. The van der Waals surface area contributed by atoms with Crippen LogP contribution in [0.4, 0.5) is 10.1 Å². The lowest BCUT2D eigenvalue weighted by Gasteiger charge is -2.18. The minimum Gasteiger partial charge on any atom is -0.505 e. The van der Waals surface area contributed by atoms with Gasteiger partial charge in [0.2, 0.25) is 5.78 Å². The molecule has 8 heteroatoms. The number of benzene rings is 2. The molecular weight excluding hydrogens is 383 g/mol. The van der Waals surface area contributed by atoms with E-state index >= 15 is 0 Å². The summed E-state index contributed by atoms with van der Waals surface area (Å²) >= 11 is 5.92. The Hall–Kier alpha value is -3.45. The molecule has 0 aliphatic heterocycles. The molecule has 4 rings (SSSR count). The van der Waals surface area contributed by atoms with Crippen molar-refractivity contribution < 1.29 is 14.3 Å². The second kappa shape index (κ2) is 6.94. The molecule has 0 spiro atoms. The SMILES string of the molecule is CN(C(=O)c1c(-c2ccc(F)cc2)nc2ncc(O)cn12)c1ccc(Cl)cc1. The molecule has 4 aromatic rings. The normalized spacial score (nSPS) is 11.0. The van der Waals surface area contributed by atoms with Crippen LogP contribution in [0.1, 0.15) is 10.5 Å². The number of anilines is 1. The van der Waals surface area contributed by atoms with Crippen LogP contribution in [-0.2, 0) is 0 Å². The molecule has 0 saturated heterocycles. The molecule has 28 heavy (non-hydrogen) atoms. The summed E-state index contributed by atoms with van der Waals surface area (Å²) in [6, 6.07) is 12.5. The number of carbonyl (C=O) groups is 1. The second-order valence-corrected chi connectivity index (χ2v) is 6.58. The average Bonchev–Trinajstić information content (AvgIpc) is 3.06. The van der Waals surface area contributed by atoms with E-state index in [1.165, 1.54) is 46.0 Å². The lowest BCUT2D eigenvalue weighted by atomic mass is 10.1. The van der Waals surface area contributed by atoms with E-state index < -0.39 is 5.82 Å². The Morgan fingerprint density at radius 1 is 1.14 bits per heavy atom. The maximum absolute atomic E-state index is 13.3. The number of carbonyl (C=O) groups excluding carboxylic acids is 1. The van der Waals surface area contributed by atoms with Gasteiger partial charge in [-0.3, -0.25) is 9.20 Å². The van der Waals surface area contributed by atoms with Crippen molar-refractivity contribution in [3.05, 3.63) is 77.5 Å². The van der Waals surface area contributed by atoms with Crippen LogP contribution < -0.4 is 4.90 Å². The summed E-state index contributed by atoms with van der Waals surface area (Å²) in [5.74, 6) is -0.639. The van der Waals surface area contributed by atoms with E-state index in [0.29, 0.717) is 22.0 Å². The molecule has 2 aromatic heterocycles. The lowest BCUT2D eigenvalue weighted by Crippen LogP contribution is -2.28. The molecule has 0 aliphatic carbocycles. The molecule has 1 N–H and O–H groups in total. The smallest absolute Gasteiger partial charge is 0.277 e. The van der Waals surface area contributed by atoms with Crippen LogP contribution >= 0.6 is 11.6 Å². The van der Waals surface area contributed by atoms with Gasteiger partial charge in [0.1, 0.15) is 17.2 Å². The first kappa shape index (κ1) is 17.9. The summed E-state index contributed by atoms with van der Waals surface area (Å²) in [7, 11) is 1.62. The molecular formula is C20H14ClFN4O2. The summed E-state index contributed by atoms with van der Waals surface area (Å²) in [5, 5.41) is 10.4. The minimum atomic E-state index is -0.394. The van der Waals surface area contributed by atoms with Crippen LogP contribution in [0.15, 0.2) is 60.9 Å². The number of nitrogens with zero attached hydrogens (tertiary/aromatic N) is 4. The van der Waals surface area contributed by atoms with Gasteiger partial charge in [0.25, 0.3) is 5.91 Å². The van der Waals surface area contributed by atoms with Crippen molar-refractivity contribution in [2.45, 2.75) is 0 Å². The minimum absolute atomic E-state index is 0.112. The third-order valence-electron chi connectivity index (χ3n) is 4.30. The summed E-state index contributed by atoms with van der Waals surface area (Å²) in [4.78, 5) is 23.3. The predicted octanol–water partition coefficient (Wildman–Crippen LogP) is 4.17. The summed E-state index contributed by atoms with van der Waals surface area (Å²) in [5.41, 5.74) is 1.72. The van der Waals surface area contributed by atoms with Gasteiger partial charge in [0.15, 0.2) is 5.75 Å². The van der Waals surface area contributed by atoms with Crippen molar-refractivity contribution in [1.29, 1.82) is 0 Å². The van der Waals surface area contributed by atoms with Crippen LogP contribution in [0, 0.1) is 5.82 Å². The first-order chi connectivity index (χ1) is 13.4. The van der Waals surface area contributed by atoms with E-state index in [1.54, 1.807) is 31.3 Å². The number of rotatable bonds is 3. The molecule has 0 unspecified atom stereocenters. The zero-order valence-corrected chi connectivity index (χ0v) is 15.4. The monoisotopic (exact) mass is 396 g/mol. The highest BCUT2D eigenvalue weighted by Crippen LogP contribution is 2.28. The van der Waals surface area contributed by atoms with Gasteiger partial charge in [-0.15, -0.1) is 0 Å². The van der Waals surface area contributed by atoms with Gasteiger partial charge < -0.3 is 10.0 Å². The van der Waals surface area contributed by atoms with Crippen molar-refractivity contribution >= 4 is 29.0 Å². The van der Waals surface area contributed by atoms with Gasteiger partial charge in [0.05, 0.1) is 12.4 Å². The Balaban J connectivity index is 1.89. The number of hydrogen-bond donors (Lipinski definition) is 1. The third kappa shape index (κ3) is 3.16. The Kier molecular flexibility index (Phi) is 4.44. The fourth-order valence-corrected chi connectivity index (χ4v) is 3.00. The Morgan fingerprint density at radius 2 is 1.82 bits per heavy atom. The first-order valence-corrected chi connectivity index (χ1v) is 8.68. The van der Waals surface area contributed by atoms with Crippen LogP contribution in [0.25, 0.3) is 17.0 Å². The molecule has 0 aliphatic rings. The highest BCUT2D eigenvalue weighted by atomic mass is 35.5. The highest BCUT2D eigenvalue weighted by Gasteiger charge is 2.25. The number of amides is 1. The topological polar surface area (TPSA) is 70.7 Å². The molecule has 2 aromatic carbocycles. The van der Waals surface area contributed by atoms with Crippen LogP contribution in [0.3, 0.4) is 0 Å². The maximum atomic E-state index is 13.3. The predicted molar refractivity (Wildman–Crippen MR) is 104 cm³/mol.